The molecule has 3 aliphatic rings. The van der Waals surface area contributed by atoms with Crippen molar-refractivity contribution in [2.45, 2.75) is 57.0 Å². The molecule has 1 spiro atoms. The Balaban J connectivity index is 1.54. The predicted molar refractivity (Wildman–Crippen MR) is 123 cm³/mol. The van der Waals surface area contributed by atoms with E-state index < -0.39 is 23.2 Å². The van der Waals surface area contributed by atoms with Crippen molar-refractivity contribution in [3.63, 3.8) is 0 Å². The second kappa shape index (κ2) is 10.3. The number of carbonyl (C=O) groups excluding carboxylic acids is 2. The van der Waals surface area contributed by atoms with Crippen LogP contribution in [0.3, 0.4) is 0 Å². The molecular formula is C24H27ClN2O8. The Morgan fingerprint density at radius 2 is 2.20 bits per heavy atom. The number of carbonyl (C=O) groups is 2. The summed E-state index contributed by atoms with van der Waals surface area (Å²) in [6.45, 7) is 6.39. The van der Waals surface area contributed by atoms with Crippen molar-refractivity contribution >= 4 is 28.7 Å². The number of allylic oxidation sites excluding steroid dienone is 5. The second-order valence-electron chi connectivity index (χ2n) is 8.44. The molecule has 0 bridgehead atoms. The average Bonchev–Trinajstić information content (AvgIpc) is 3.45. The number of ketones is 2. The van der Waals surface area contributed by atoms with Crippen molar-refractivity contribution < 1.29 is 38.1 Å². The highest BCUT2D eigenvalue weighted by molar-refractivity contribution is 6.21. The summed E-state index contributed by atoms with van der Waals surface area (Å²) in [7, 11) is 1.37. The van der Waals surface area contributed by atoms with Gasteiger partial charge in [0.05, 0.1) is 13.0 Å². The molecule has 1 aliphatic carbocycles. The fourth-order valence-electron chi connectivity index (χ4n) is 4.17. The molecule has 1 saturated heterocycles. The van der Waals surface area contributed by atoms with Crippen molar-refractivity contribution in [2.75, 3.05) is 19.6 Å². The average molecular weight is 507 g/mol. The number of aliphatic hydroxyl groups excluding tert-OH is 1. The summed E-state index contributed by atoms with van der Waals surface area (Å²) < 4.78 is 28.4. The van der Waals surface area contributed by atoms with Crippen molar-refractivity contribution in [1.29, 1.82) is 0 Å². The van der Waals surface area contributed by atoms with Crippen LogP contribution in [-0.4, -0.2) is 58.4 Å². The van der Waals surface area contributed by atoms with E-state index >= 15 is 0 Å². The molecule has 11 heteroatoms. The predicted octanol–water partition coefficient (Wildman–Crippen LogP) is 3.85. The number of hydrogen-bond donors (Lipinski definition) is 1. The molecule has 0 amide bonds. The first-order valence-corrected chi connectivity index (χ1v) is 11.8. The number of aromatic nitrogens is 2. The Hall–Kier alpha value is -2.95. The lowest BCUT2D eigenvalue weighted by molar-refractivity contribution is -0.190. The smallest absolute Gasteiger partial charge is 0.247 e. The Morgan fingerprint density at radius 1 is 1.40 bits per heavy atom. The van der Waals surface area contributed by atoms with Crippen LogP contribution in [0, 0.1) is 0 Å². The summed E-state index contributed by atoms with van der Waals surface area (Å²) in [4.78, 5) is 25.1. The van der Waals surface area contributed by atoms with Crippen molar-refractivity contribution in [1.82, 2.24) is 10.2 Å². The minimum atomic E-state index is -1.70. The quantitative estimate of drug-likeness (QED) is 0.315. The van der Waals surface area contributed by atoms with E-state index in [2.05, 4.69) is 16.8 Å². The van der Waals surface area contributed by atoms with Gasteiger partial charge in [-0.25, -0.2) is 0 Å². The fourth-order valence-corrected chi connectivity index (χ4v) is 4.36. The van der Waals surface area contributed by atoms with Crippen molar-refractivity contribution in [3.05, 3.63) is 53.4 Å². The van der Waals surface area contributed by atoms with Gasteiger partial charge in [-0.2, -0.15) is 0 Å². The third kappa shape index (κ3) is 4.91. The summed E-state index contributed by atoms with van der Waals surface area (Å²) in [6.07, 6.45) is 4.53. The van der Waals surface area contributed by atoms with E-state index in [1.165, 1.54) is 13.2 Å². The Kier molecular flexibility index (Phi) is 7.44. The highest BCUT2D eigenvalue weighted by atomic mass is 35.5. The van der Waals surface area contributed by atoms with Crippen LogP contribution in [0.5, 0.6) is 0 Å². The second-order valence-corrected chi connectivity index (χ2v) is 8.71. The van der Waals surface area contributed by atoms with Gasteiger partial charge >= 0.3 is 0 Å². The van der Waals surface area contributed by atoms with Crippen molar-refractivity contribution in [2.24, 2.45) is 0 Å². The molecule has 35 heavy (non-hydrogen) atoms. The maximum absolute atomic E-state index is 13.4. The van der Waals surface area contributed by atoms with Gasteiger partial charge < -0.3 is 28.5 Å². The van der Waals surface area contributed by atoms with Crippen LogP contribution in [0.15, 0.2) is 46.0 Å². The van der Waals surface area contributed by atoms with Crippen LogP contribution in [0.4, 0.5) is 0 Å². The van der Waals surface area contributed by atoms with Gasteiger partial charge in [-0.05, 0) is 32.3 Å². The standard InChI is InChI=1S/C24H27ClN2O8/c1-13(22-26-27-23(34-22)14(2)33-19-6-4-5-9-32-19)10-16(31-3)20-17(12-25)35-24(21(20)30)8-7-15(28)11-18(24)29/h10-11,14,19,29H,1,4-9,12H2,2-3H3/b16-10+/t14?,19?,24-/m0/s1. The largest absolute Gasteiger partial charge is 0.507 e. The Bertz CT molecular complexity index is 1110. The molecule has 0 aromatic carbocycles. The molecule has 2 unspecified atom stereocenters. The van der Waals surface area contributed by atoms with Gasteiger partial charge in [-0.15, -0.1) is 21.8 Å². The number of alkyl halides is 1. The Morgan fingerprint density at radius 3 is 2.86 bits per heavy atom. The number of methoxy groups -OCH3 is 1. The van der Waals surface area contributed by atoms with Crippen molar-refractivity contribution in [3.8, 4) is 0 Å². The number of ether oxygens (including phenoxy) is 4. The first-order valence-electron chi connectivity index (χ1n) is 11.3. The van der Waals surface area contributed by atoms with E-state index in [0.717, 1.165) is 25.3 Å². The Labute approximate surface area is 207 Å². The maximum Gasteiger partial charge on any atom is 0.247 e. The van der Waals surface area contributed by atoms with Gasteiger partial charge in [0.25, 0.3) is 0 Å². The summed E-state index contributed by atoms with van der Waals surface area (Å²) >= 11 is 6.05. The fraction of sp³-hybridized carbons (Fsp3) is 0.500. The van der Waals surface area contributed by atoms with E-state index in [9.17, 15) is 14.7 Å². The lowest BCUT2D eigenvalue weighted by atomic mass is 9.83. The number of Topliss-reactive ketones (excluding diaryl/α,β-unsaturated/α-hetero) is 1. The third-order valence-electron chi connectivity index (χ3n) is 6.05. The topological polar surface area (TPSA) is 130 Å². The summed E-state index contributed by atoms with van der Waals surface area (Å²) in [5, 5.41) is 18.5. The maximum atomic E-state index is 13.4. The van der Waals surface area contributed by atoms with E-state index in [-0.39, 0.29) is 65.2 Å². The van der Waals surface area contributed by atoms with Gasteiger partial charge in [-0.3, -0.25) is 9.59 Å². The zero-order valence-electron chi connectivity index (χ0n) is 19.5. The number of hydrogen-bond acceptors (Lipinski definition) is 10. The molecular weight excluding hydrogens is 480 g/mol. The number of halogens is 1. The molecule has 1 N–H and O–H groups in total. The zero-order valence-corrected chi connectivity index (χ0v) is 20.3. The van der Waals surface area contributed by atoms with Gasteiger partial charge in [-0.1, -0.05) is 6.58 Å². The van der Waals surface area contributed by atoms with Crippen LogP contribution >= 0.6 is 11.6 Å². The molecule has 1 aromatic rings. The lowest BCUT2D eigenvalue weighted by Crippen LogP contribution is -2.43. The molecule has 0 radical (unpaired) electrons. The normalized spacial score (nSPS) is 26.1. The molecule has 4 rings (SSSR count). The molecule has 1 aromatic heterocycles. The van der Waals surface area contributed by atoms with Gasteiger partial charge in [0.1, 0.15) is 29.0 Å². The van der Waals surface area contributed by atoms with E-state index in [1.807, 2.05) is 0 Å². The molecule has 10 nitrogen and oxygen atoms in total. The van der Waals surface area contributed by atoms with Crippen LogP contribution in [0.25, 0.3) is 5.57 Å². The summed E-state index contributed by atoms with van der Waals surface area (Å²) in [5.74, 6) is -0.885. The molecule has 188 valence electrons. The summed E-state index contributed by atoms with van der Waals surface area (Å²) in [6, 6.07) is 0. The number of nitrogens with zero attached hydrogens (tertiary/aromatic N) is 2. The van der Waals surface area contributed by atoms with Gasteiger partial charge in [0.2, 0.25) is 23.2 Å². The first-order chi connectivity index (χ1) is 16.8. The molecule has 1 fully saturated rings. The SMILES string of the molecule is C=C(/C=C(/OC)C1=C(CCl)O[C@]2(CCC(=O)C=C2O)C1=O)c1nnc(C(C)OC2CCCCO2)o1. The minimum Gasteiger partial charge on any atom is -0.507 e. The van der Waals surface area contributed by atoms with Crippen LogP contribution in [0.2, 0.25) is 0 Å². The number of aliphatic hydroxyl groups is 1. The molecule has 2 aliphatic heterocycles. The monoisotopic (exact) mass is 506 g/mol. The highest BCUT2D eigenvalue weighted by Crippen LogP contribution is 2.44. The van der Waals surface area contributed by atoms with E-state index in [0.29, 0.717) is 6.61 Å². The minimum absolute atomic E-state index is 0.00948. The van der Waals surface area contributed by atoms with Crippen LogP contribution < -0.4 is 0 Å². The van der Waals surface area contributed by atoms with Gasteiger partial charge in [0, 0.05) is 31.1 Å². The molecule has 3 heterocycles. The van der Waals surface area contributed by atoms with Crippen LogP contribution in [0.1, 0.15) is 56.9 Å². The summed E-state index contributed by atoms with van der Waals surface area (Å²) in [5.41, 5.74) is -1.38. The van der Waals surface area contributed by atoms with Crippen LogP contribution in [-0.2, 0) is 28.5 Å². The van der Waals surface area contributed by atoms with E-state index in [4.69, 9.17) is 35.0 Å². The highest BCUT2D eigenvalue weighted by Gasteiger charge is 2.55. The van der Waals surface area contributed by atoms with E-state index in [1.54, 1.807) is 6.92 Å². The zero-order chi connectivity index (χ0) is 25.2. The third-order valence-corrected chi connectivity index (χ3v) is 6.30. The lowest BCUT2D eigenvalue weighted by Gasteiger charge is -2.29. The first kappa shape index (κ1) is 25.2. The molecule has 0 saturated carbocycles. The van der Waals surface area contributed by atoms with Gasteiger partial charge in [0.15, 0.2) is 12.1 Å². The number of rotatable bonds is 8. The molecule has 3 atom stereocenters.